The van der Waals surface area contributed by atoms with E-state index < -0.39 is 0 Å². The van der Waals surface area contributed by atoms with Crippen molar-refractivity contribution in [3.8, 4) is 5.69 Å². The van der Waals surface area contributed by atoms with E-state index >= 15 is 0 Å². The number of halogens is 1. The van der Waals surface area contributed by atoms with Gasteiger partial charge in [0.05, 0.1) is 56.4 Å². The van der Waals surface area contributed by atoms with E-state index in [1.165, 1.54) is 4.90 Å². The molecule has 0 atom stereocenters. The number of piperazine rings is 1. The van der Waals surface area contributed by atoms with Gasteiger partial charge in [0.2, 0.25) is 0 Å². The van der Waals surface area contributed by atoms with Gasteiger partial charge >= 0.3 is 0 Å². The van der Waals surface area contributed by atoms with Gasteiger partial charge in [0.15, 0.2) is 0 Å². The zero-order valence-corrected chi connectivity index (χ0v) is 14.3. The number of benzene rings is 1. The third-order valence-electron chi connectivity index (χ3n) is 4.39. The predicted octanol–water partition coefficient (Wildman–Crippen LogP) is 1.06. The summed E-state index contributed by atoms with van der Waals surface area (Å²) < 4.78 is 1.82. The Morgan fingerprint density at radius 2 is 2.09 bits per heavy atom. The molecular weight excluding hydrogens is 312 g/mol. The Bertz CT molecular complexity index is 704. The molecule has 0 bridgehead atoms. The number of carbonyl (C=O) groups is 1. The van der Waals surface area contributed by atoms with Gasteiger partial charge in [-0.05, 0) is 24.6 Å². The average Bonchev–Trinajstić information content (AvgIpc) is 2.98. The second-order valence-electron chi connectivity index (χ2n) is 6.00. The normalized spacial score (nSPS) is 15.9. The predicted molar refractivity (Wildman–Crippen MR) is 90.5 cm³/mol. The molecule has 23 heavy (non-hydrogen) atoms. The van der Waals surface area contributed by atoms with Gasteiger partial charge in [-0.15, -0.1) is 0 Å². The molecule has 0 spiro atoms. The smallest absolute Gasteiger partial charge is 0.257 e. The van der Waals surface area contributed by atoms with Gasteiger partial charge in [0, 0.05) is 5.02 Å². The Morgan fingerprint density at radius 3 is 2.74 bits per heavy atom. The lowest BCUT2D eigenvalue weighted by molar-refractivity contribution is -0.883. The molecule has 5 nitrogen and oxygen atoms in total. The minimum absolute atomic E-state index is 0.0858. The van der Waals surface area contributed by atoms with Crippen molar-refractivity contribution in [2.24, 2.45) is 0 Å². The van der Waals surface area contributed by atoms with Crippen molar-refractivity contribution in [1.82, 2.24) is 14.7 Å². The maximum Gasteiger partial charge on any atom is 0.257 e. The molecule has 0 radical (unpaired) electrons. The molecule has 3 rings (SSSR count). The molecular formula is C17H22ClN4O+. The maximum atomic E-state index is 12.8. The average molecular weight is 334 g/mol. The minimum Gasteiger partial charge on any atom is -0.334 e. The van der Waals surface area contributed by atoms with Gasteiger partial charge in [-0.2, -0.15) is 5.10 Å². The van der Waals surface area contributed by atoms with Crippen LogP contribution in [0.2, 0.25) is 5.02 Å². The number of aromatic nitrogens is 2. The fourth-order valence-corrected chi connectivity index (χ4v) is 3.17. The lowest BCUT2D eigenvalue weighted by Gasteiger charge is -2.30. The molecule has 1 aromatic heterocycles. The first-order valence-electron chi connectivity index (χ1n) is 8.03. The zero-order chi connectivity index (χ0) is 16.4. The van der Waals surface area contributed by atoms with Crippen LogP contribution in [0, 0.1) is 0 Å². The fraction of sp³-hybridized carbons (Fsp3) is 0.412. The number of quaternary nitrogens is 1. The van der Waals surface area contributed by atoms with Crippen LogP contribution in [-0.4, -0.2) is 53.8 Å². The molecule has 0 aliphatic carbocycles. The number of hydrogen-bond donors (Lipinski definition) is 1. The Balaban J connectivity index is 1.90. The molecule has 1 N–H and O–H groups in total. The van der Waals surface area contributed by atoms with Gasteiger partial charge in [-0.1, -0.05) is 24.6 Å². The first-order chi connectivity index (χ1) is 11.1. The molecule has 1 aliphatic rings. The van der Waals surface area contributed by atoms with Gasteiger partial charge in [0.25, 0.3) is 5.91 Å². The number of hydrogen-bond acceptors (Lipinski definition) is 2. The summed E-state index contributed by atoms with van der Waals surface area (Å²) >= 11 is 6.08. The number of amides is 1. The van der Waals surface area contributed by atoms with Crippen molar-refractivity contribution in [1.29, 1.82) is 0 Å². The molecule has 1 fully saturated rings. The molecule has 1 aliphatic heterocycles. The van der Waals surface area contributed by atoms with E-state index in [-0.39, 0.29) is 5.91 Å². The van der Waals surface area contributed by atoms with E-state index in [9.17, 15) is 4.79 Å². The molecule has 1 saturated heterocycles. The SMILES string of the molecule is CCc1c(C(=O)N2CC[NH+](C)CC2)cnn1-c1cccc(Cl)c1. The van der Waals surface area contributed by atoms with E-state index in [4.69, 9.17) is 11.6 Å². The molecule has 2 heterocycles. The van der Waals surface area contributed by atoms with Gasteiger partial charge in [-0.3, -0.25) is 4.79 Å². The summed E-state index contributed by atoms with van der Waals surface area (Å²) in [5, 5.41) is 5.10. The van der Waals surface area contributed by atoms with E-state index in [1.54, 1.807) is 6.20 Å². The summed E-state index contributed by atoms with van der Waals surface area (Å²) in [5.74, 6) is 0.0858. The summed E-state index contributed by atoms with van der Waals surface area (Å²) in [7, 11) is 2.16. The van der Waals surface area contributed by atoms with Crippen LogP contribution >= 0.6 is 11.6 Å². The molecule has 0 saturated carbocycles. The van der Waals surface area contributed by atoms with Crippen LogP contribution in [0.15, 0.2) is 30.5 Å². The Hall–Kier alpha value is -1.85. The molecule has 0 unspecified atom stereocenters. The topological polar surface area (TPSA) is 42.6 Å². The van der Waals surface area contributed by atoms with Crippen molar-refractivity contribution in [2.75, 3.05) is 33.2 Å². The van der Waals surface area contributed by atoms with Crippen LogP contribution in [0.1, 0.15) is 23.0 Å². The Kier molecular flexibility index (Phi) is 4.68. The van der Waals surface area contributed by atoms with Crippen LogP contribution < -0.4 is 4.90 Å². The van der Waals surface area contributed by atoms with Crippen molar-refractivity contribution in [2.45, 2.75) is 13.3 Å². The van der Waals surface area contributed by atoms with Crippen LogP contribution in [0.5, 0.6) is 0 Å². The van der Waals surface area contributed by atoms with Gasteiger partial charge < -0.3 is 9.80 Å². The summed E-state index contributed by atoms with van der Waals surface area (Å²) in [4.78, 5) is 16.2. The highest BCUT2D eigenvalue weighted by Gasteiger charge is 2.26. The Labute approximate surface area is 141 Å². The summed E-state index contributed by atoms with van der Waals surface area (Å²) in [6.07, 6.45) is 2.43. The highest BCUT2D eigenvalue weighted by molar-refractivity contribution is 6.30. The van der Waals surface area contributed by atoms with Crippen molar-refractivity contribution < 1.29 is 9.69 Å². The molecule has 6 heteroatoms. The van der Waals surface area contributed by atoms with E-state index in [1.807, 2.05) is 40.8 Å². The summed E-state index contributed by atoms with van der Waals surface area (Å²) in [6.45, 7) is 5.64. The second kappa shape index (κ2) is 6.72. The van der Waals surface area contributed by atoms with Crippen LogP contribution in [-0.2, 0) is 6.42 Å². The monoisotopic (exact) mass is 333 g/mol. The first kappa shape index (κ1) is 16.0. The standard InChI is InChI=1S/C17H21ClN4O/c1-3-16-15(17(23)21-9-7-20(2)8-10-21)12-19-22(16)14-6-4-5-13(18)11-14/h4-6,11-12H,3,7-10H2,1-2H3/p+1. The number of nitrogens with one attached hydrogen (secondary N) is 1. The lowest BCUT2D eigenvalue weighted by atomic mass is 10.1. The second-order valence-corrected chi connectivity index (χ2v) is 6.44. The van der Waals surface area contributed by atoms with E-state index in [0.29, 0.717) is 10.6 Å². The largest absolute Gasteiger partial charge is 0.334 e. The van der Waals surface area contributed by atoms with Crippen molar-refractivity contribution >= 4 is 17.5 Å². The van der Waals surface area contributed by atoms with Gasteiger partial charge in [-0.25, -0.2) is 4.68 Å². The van der Waals surface area contributed by atoms with E-state index in [0.717, 1.165) is 44.0 Å². The molecule has 1 amide bonds. The highest BCUT2D eigenvalue weighted by Crippen LogP contribution is 2.20. The van der Waals surface area contributed by atoms with Gasteiger partial charge in [0.1, 0.15) is 0 Å². The van der Waals surface area contributed by atoms with E-state index in [2.05, 4.69) is 12.1 Å². The number of nitrogens with zero attached hydrogens (tertiary/aromatic N) is 3. The fourth-order valence-electron chi connectivity index (χ4n) is 2.98. The zero-order valence-electron chi connectivity index (χ0n) is 13.6. The Morgan fingerprint density at radius 1 is 1.35 bits per heavy atom. The first-order valence-corrected chi connectivity index (χ1v) is 8.41. The number of carbonyl (C=O) groups excluding carboxylic acids is 1. The molecule has 122 valence electrons. The van der Waals surface area contributed by atoms with Crippen LogP contribution in [0.25, 0.3) is 5.69 Å². The van der Waals surface area contributed by atoms with Crippen LogP contribution in [0.4, 0.5) is 0 Å². The number of rotatable bonds is 3. The third-order valence-corrected chi connectivity index (χ3v) is 4.63. The van der Waals surface area contributed by atoms with Crippen LogP contribution in [0.3, 0.4) is 0 Å². The summed E-state index contributed by atoms with van der Waals surface area (Å²) in [6, 6.07) is 7.54. The lowest BCUT2D eigenvalue weighted by Crippen LogP contribution is -3.12. The molecule has 2 aromatic rings. The quantitative estimate of drug-likeness (QED) is 0.912. The summed E-state index contributed by atoms with van der Waals surface area (Å²) in [5.41, 5.74) is 2.52. The maximum absolute atomic E-state index is 12.8. The highest BCUT2D eigenvalue weighted by atomic mass is 35.5. The van der Waals surface area contributed by atoms with Crippen molar-refractivity contribution in [3.05, 3.63) is 46.7 Å². The third kappa shape index (κ3) is 3.26. The minimum atomic E-state index is 0.0858. The van der Waals surface area contributed by atoms with Crippen molar-refractivity contribution in [3.63, 3.8) is 0 Å². The molecule has 1 aromatic carbocycles. The number of likely N-dealkylation sites (N-methyl/N-ethyl adjacent to an activating group) is 1.